The second-order valence-electron chi connectivity index (χ2n) is 7.14. The molecule has 1 saturated carbocycles. The molecule has 1 aromatic heterocycles. The highest BCUT2D eigenvalue weighted by Crippen LogP contribution is 2.38. The van der Waals surface area contributed by atoms with Crippen LogP contribution in [-0.2, 0) is 4.74 Å². The summed E-state index contributed by atoms with van der Waals surface area (Å²) in [5, 5.41) is 3.13. The molecule has 3 atom stereocenters. The average molecular weight is 331 g/mol. The molecule has 7 heteroatoms. The molecule has 130 valence electrons. The molecule has 2 saturated heterocycles. The molecule has 0 aromatic carbocycles. The van der Waals surface area contributed by atoms with Crippen LogP contribution in [0.25, 0.3) is 0 Å². The number of aromatic nitrogens is 2. The van der Waals surface area contributed by atoms with Crippen molar-refractivity contribution in [3.8, 4) is 0 Å². The number of piperazine rings is 1. The number of anilines is 1. The standard InChI is InChI=1S/C17H25N5O2/c1-11-13(16(23)20-14-9-15-12(14)3-8-24-15)10-18-17(19-11)22-6-4-21(2)5-7-22/h10,12,14-15H,3-9H2,1-2H3,(H,20,23)/t12-,14-,15+/m1/s1. The van der Waals surface area contributed by atoms with Crippen LogP contribution in [0.15, 0.2) is 6.20 Å². The molecule has 1 N–H and O–H groups in total. The monoisotopic (exact) mass is 331 g/mol. The number of carbonyl (C=O) groups excluding carboxylic acids is 1. The topological polar surface area (TPSA) is 70.6 Å². The lowest BCUT2D eigenvalue weighted by Gasteiger charge is -2.39. The number of hydrogen-bond donors (Lipinski definition) is 1. The molecule has 3 aliphatic rings. The van der Waals surface area contributed by atoms with Crippen molar-refractivity contribution >= 4 is 11.9 Å². The molecule has 0 radical (unpaired) electrons. The van der Waals surface area contributed by atoms with Crippen LogP contribution < -0.4 is 10.2 Å². The van der Waals surface area contributed by atoms with Crippen LogP contribution in [0.4, 0.5) is 5.95 Å². The summed E-state index contributed by atoms with van der Waals surface area (Å²) >= 11 is 0. The van der Waals surface area contributed by atoms with Gasteiger partial charge in [0.15, 0.2) is 0 Å². The van der Waals surface area contributed by atoms with Crippen LogP contribution in [-0.4, -0.2) is 72.8 Å². The Morgan fingerprint density at radius 2 is 2.12 bits per heavy atom. The van der Waals surface area contributed by atoms with Gasteiger partial charge in [0.05, 0.1) is 17.4 Å². The Morgan fingerprint density at radius 3 is 2.83 bits per heavy atom. The number of carbonyl (C=O) groups is 1. The number of ether oxygens (including phenoxy) is 1. The molecule has 1 amide bonds. The quantitative estimate of drug-likeness (QED) is 0.867. The molecule has 24 heavy (non-hydrogen) atoms. The highest BCUT2D eigenvalue weighted by Gasteiger charge is 2.45. The van der Waals surface area contributed by atoms with Gasteiger partial charge in [0.1, 0.15) is 0 Å². The van der Waals surface area contributed by atoms with Gasteiger partial charge in [0.25, 0.3) is 5.91 Å². The van der Waals surface area contributed by atoms with Gasteiger partial charge in [-0.1, -0.05) is 0 Å². The molecule has 1 aliphatic carbocycles. The van der Waals surface area contributed by atoms with Gasteiger partial charge in [0, 0.05) is 50.9 Å². The Morgan fingerprint density at radius 1 is 1.33 bits per heavy atom. The van der Waals surface area contributed by atoms with Crippen molar-refractivity contribution in [2.24, 2.45) is 5.92 Å². The van der Waals surface area contributed by atoms with E-state index in [-0.39, 0.29) is 11.9 Å². The maximum Gasteiger partial charge on any atom is 0.254 e. The lowest BCUT2D eigenvalue weighted by molar-refractivity contribution is 0.00808. The van der Waals surface area contributed by atoms with Gasteiger partial charge in [-0.3, -0.25) is 4.79 Å². The summed E-state index contributed by atoms with van der Waals surface area (Å²) in [6.45, 7) is 6.58. The van der Waals surface area contributed by atoms with E-state index in [4.69, 9.17) is 4.74 Å². The lowest BCUT2D eigenvalue weighted by atomic mass is 9.76. The molecule has 4 rings (SSSR count). The Hall–Kier alpha value is -1.73. The summed E-state index contributed by atoms with van der Waals surface area (Å²) < 4.78 is 5.60. The molecule has 1 aromatic rings. The third-order valence-electron chi connectivity index (χ3n) is 5.58. The van der Waals surface area contributed by atoms with E-state index >= 15 is 0 Å². The maximum absolute atomic E-state index is 12.5. The lowest BCUT2D eigenvalue weighted by Crippen LogP contribution is -2.53. The highest BCUT2D eigenvalue weighted by molar-refractivity contribution is 5.95. The van der Waals surface area contributed by atoms with Crippen molar-refractivity contribution in [1.82, 2.24) is 20.2 Å². The van der Waals surface area contributed by atoms with E-state index < -0.39 is 0 Å². The molecule has 3 fully saturated rings. The van der Waals surface area contributed by atoms with Crippen LogP contribution >= 0.6 is 0 Å². The predicted molar refractivity (Wildman–Crippen MR) is 90.2 cm³/mol. The molecule has 0 bridgehead atoms. The Balaban J connectivity index is 1.41. The number of nitrogens with zero attached hydrogens (tertiary/aromatic N) is 4. The number of likely N-dealkylation sites (N-methyl/N-ethyl adjacent to an activating group) is 1. The maximum atomic E-state index is 12.5. The van der Waals surface area contributed by atoms with E-state index in [1.54, 1.807) is 6.20 Å². The van der Waals surface area contributed by atoms with Crippen molar-refractivity contribution in [2.45, 2.75) is 31.9 Å². The van der Waals surface area contributed by atoms with Crippen LogP contribution in [0, 0.1) is 12.8 Å². The number of fused-ring (bicyclic) bond motifs is 1. The number of rotatable bonds is 3. The smallest absolute Gasteiger partial charge is 0.254 e. The first-order valence-electron chi connectivity index (χ1n) is 8.81. The van der Waals surface area contributed by atoms with Crippen molar-refractivity contribution < 1.29 is 9.53 Å². The number of nitrogens with one attached hydrogen (secondary N) is 1. The third-order valence-corrected chi connectivity index (χ3v) is 5.58. The molecule has 7 nitrogen and oxygen atoms in total. The normalized spacial score (nSPS) is 29.9. The van der Waals surface area contributed by atoms with Gasteiger partial charge in [-0.25, -0.2) is 9.97 Å². The van der Waals surface area contributed by atoms with Gasteiger partial charge in [-0.15, -0.1) is 0 Å². The first-order valence-corrected chi connectivity index (χ1v) is 8.81. The van der Waals surface area contributed by atoms with E-state index in [1.165, 1.54) is 0 Å². The third kappa shape index (κ3) is 2.86. The first-order chi connectivity index (χ1) is 11.6. The minimum Gasteiger partial charge on any atom is -0.378 e. The zero-order valence-corrected chi connectivity index (χ0v) is 14.4. The molecule has 2 aliphatic heterocycles. The van der Waals surface area contributed by atoms with Gasteiger partial charge in [-0.05, 0) is 26.8 Å². The van der Waals surface area contributed by atoms with Gasteiger partial charge < -0.3 is 19.9 Å². The molecular formula is C17H25N5O2. The van der Waals surface area contributed by atoms with Crippen LogP contribution in [0.2, 0.25) is 0 Å². The van der Waals surface area contributed by atoms with Crippen molar-refractivity contribution in [1.29, 1.82) is 0 Å². The Bertz CT molecular complexity index is 629. The molecular weight excluding hydrogens is 306 g/mol. The minimum absolute atomic E-state index is 0.0622. The van der Waals surface area contributed by atoms with Crippen LogP contribution in [0.5, 0.6) is 0 Å². The largest absolute Gasteiger partial charge is 0.378 e. The van der Waals surface area contributed by atoms with Crippen molar-refractivity contribution in [3.63, 3.8) is 0 Å². The second kappa shape index (κ2) is 6.29. The van der Waals surface area contributed by atoms with Gasteiger partial charge in [0.2, 0.25) is 5.95 Å². The summed E-state index contributed by atoms with van der Waals surface area (Å²) in [6.07, 6.45) is 4.00. The fourth-order valence-corrected chi connectivity index (χ4v) is 3.85. The highest BCUT2D eigenvalue weighted by atomic mass is 16.5. The van der Waals surface area contributed by atoms with E-state index in [2.05, 4.69) is 32.1 Å². The summed E-state index contributed by atoms with van der Waals surface area (Å²) in [7, 11) is 2.12. The fraction of sp³-hybridized carbons (Fsp3) is 0.706. The number of aryl methyl sites for hydroxylation is 1. The zero-order valence-electron chi connectivity index (χ0n) is 14.4. The number of hydrogen-bond acceptors (Lipinski definition) is 6. The van der Waals surface area contributed by atoms with Crippen LogP contribution in [0.1, 0.15) is 28.9 Å². The Labute approximate surface area is 142 Å². The Kier molecular flexibility index (Phi) is 4.14. The molecule has 0 unspecified atom stereocenters. The van der Waals surface area contributed by atoms with E-state index in [0.29, 0.717) is 17.6 Å². The summed E-state index contributed by atoms with van der Waals surface area (Å²) in [4.78, 5) is 26.0. The first kappa shape index (κ1) is 15.8. The second-order valence-corrected chi connectivity index (χ2v) is 7.14. The van der Waals surface area contributed by atoms with Gasteiger partial charge >= 0.3 is 0 Å². The van der Waals surface area contributed by atoms with E-state index in [9.17, 15) is 4.79 Å². The minimum atomic E-state index is -0.0622. The zero-order chi connectivity index (χ0) is 16.7. The van der Waals surface area contributed by atoms with Crippen LogP contribution in [0.3, 0.4) is 0 Å². The van der Waals surface area contributed by atoms with Crippen molar-refractivity contribution in [3.05, 3.63) is 17.5 Å². The molecule has 3 heterocycles. The average Bonchev–Trinajstić information content (AvgIpc) is 2.94. The van der Waals surface area contributed by atoms with Gasteiger partial charge in [-0.2, -0.15) is 0 Å². The van der Waals surface area contributed by atoms with E-state index in [1.807, 2.05) is 6.92 Å². The van der Waals surface area contributed by atoms with Crippen molar-refractivity contribution in [2.75, 3.05) is 44.7 Å². The van der Waals surface area contributed by atoms with E-state index in [0.717, 1.165) is 57.3 Å². The SMILES string of the molecule is Cc1nc(N2CCN(C)CC2)ncc1C(=O)N[C@@H]1C[C@@H]2OCC[C@@H]21. The molecule has 0 spiro atoms. The predicted octanol–water partition coefficient (Wildman–Crippen LogP) is 0.444. The number of amides is 1. The fourth-order valence-electron chi connectivity index (χ4n) is 3.85. The summed E-state index contributed by atoms with van der Waals surface area (Å²) in [6, 6.07) is 0.238. The summed E-state index contributed by atoms with van der Waals surface area (Å²) in [5.74, 6) is 1.15. The summed E-state index contributed by atoms with van der Waals surface area (Å²) in [5.41, 5.74) is 1.32.